The molecule has 0 radical (unpaired) electrons. The first kappa shape index (κ1) is 11.9. The quantitative estimate of drug-likeness (QED) is 0.612. The van der Waals surface area contributed by atoms with Gasteiger partial charge in [0, 0.05) is 19.3 Å². The SMILES string of the molecule is CN(C(=O)c1ccc(NN)nc1)C1CCCC1. The van der Waals surface area contributed by atoms with E-state index in [1.807, 2.05) is 11.9 Å². The number of nitrogens with zero attached hydrogens (tertiary/aromatic N) is 2. The van der Waals surface area contributed by atoms with Gasteiger partial charge < -0.3 is 10.3 Å². The van der Waals surface area contributed by atoms with Gasteiger partial charge in [-0.2, -0.15) is 0 Å². The van der Waals surface area contributed by atoms with Crippen LogP contribution in [0.5, 0.6) is 0 Å². The standard InChI is InChI=1S/C12H18N4O/c1-16(10-4-2-3-5-10)12(17)9-6-7-11(15-13)14-8-9/h6-8,10H,2-5,13H2,1H3,(H,14,15). The number of nitrogens with one attached hydrogen (secondary N) is 1. The molecule has 0 saturated heterocycles. The third-order valence-electron chi connectivity index (χ3n) is 3.35. The molecule has 1 amide bonds. The maximum atomic E-state index is 12.2. The van der Waals surface area contributed by atoms with Gasteiger partial charge in [0.2, 0.25) is 0 Å². The summed E-state index contributed by atoms with van der Waals surface area (Å²) in [6.45, 7) is 0. The first-order valence-electron chi connectivity index (χ1n) is 5.92. The number of hydrogen-bond acceptors (Lipinski definition) is 4. The minimum absolute atomic E-state index is 0.0352. The molecular weight excluding hydrogens is 216 g/mol. The summed E-state index contributed by atoms with van der Waals surface area (Å²) in [5.41, 5.74) is 3.05. The molecule has 0 bridgehead atoms. The number of amides is 1. The number of aromatic nitrogens is 1. The number of hydrazine groups is 1. The van der Waals surface area contributed by atoms with Crippen LogP contribution in [-0.2, 0) is 0 Å². The summed E-state index contributed by atoms with van der Waals surface area (Å²) in [4.78, 5) is 18.0. The average molecular weight is 234 g/mol. The fraction of sp³-hybridized carbons (Fsp3) is 0.500. The van der Waals surface area contributed by atoms with Crippen LogP contribution in [0.4, 0.5) is 5.82 Å². The highest BCUT2D eigenvalue weighted by atomic mass is 16.2. The molecule has 3 N–H and O–H groups in total. The van der Waals surface area contributed by atoms with Gasteiger partial charge in [0.1, 0.15) is 5.82 Å². The highest BCUT2D eigenvalue weighted by Crippen LogP contribution is 2.23. The predicted octanol–water partition coefficient (Wildman–Crippen LogP) is 1.38. The van der Waals surface area contributed by atoms with E-state index in [1.165, 1.54) is 12.8 Å². The third-order valence-corrected chi connectivity index (χ3v) is 3.35. The number of carbonyl (C=O) groups excluding carboxylic acids is 1. The van der Waals surface area contributed by atoms with E-state index in [4.69, 9.17) is 5.84 Å². The third kappa shape index (κ3) is 2.55. The molecule has 1 aliphatic rings. The molecule has 17 heavy (non-hydrogen) atoms. The van der Waals surface area contributed by atoms with Crippen LogP contribution in [0.15, 0.2) is 18.3 Å². The van der Waals surface area contributed by atoms with Gasteiger partial charge in [0.25, 0.3) is 5.91 Å². The van der Waals surface area contributed by atoms with Gasteiger partial charge in [0.05, 0.1) is 5.56 Å². The van der Waals surface area contributed by atoms with Gasteiger partial charge in [-0.3, -0.25) is 4.79 Å². The van der Waals surface area contributed by atoms with E-state index in [0.717, 1.165) is 12.8 Å². The number of carbonyl (C=O) groups is 1. The van der Waals surface area contributed by atoms with Crippen LogP contribution in [0.25, 0.3) is 0 Å². The van der Waals surface area contributed by atoms with Crippen molar-refractivity contribution in [3.63, 3.8) is 0 Å². The highest BCUT2D eigenvalue weighted by molar-refractivity contribution is 5.94. The summed E-state index contributed by atoms with van der Waals surface area (Å²) in [6, 6.07) is 3.83. The van der Waals surface area contributed by atoms with Gasteiger partial charge in [-0.1, -0.05) is 12.8 Å². The van der Waals surface area contributed by atoms with Gasteiger partial charge in [0.15, 0.2) is 0 Å². The summed E-state index contributed by atoms with van der Waals surface area (Å²) >= 11 is 0. The second kappa shape index (κ2) is 5.14. The minimum atomic E-state index is 0.0352. The zero-order valence-corrected chi connectivity index (χ0v) is 10.0. The fourth-order valence-electron chi connectivity index (χ4n) is 2.27. The number of hydrogen-bond donors (Lipinski definition) is 2. The number of nitrogen functional groups attached to an aromatic ring is 1. The van der Waals surface area contributed by atoms with Crippen molar-refractivity contribution in [3.05, 3.63) is 23.9 Å². The summed E-state index contributed by atoms with van der Waals surface area (Å²) in [7, 11) is 1.87. The molecule has 1 saturated carbocycles. The molecule has 1 heterocycles. The van der Waals surface area contributed by atoms with Crippen LogP contribution in [0.2, 0.25) is 0 Å². The minimum Gasteiger partial charge on any atom is -0.339 e. The Morgan fingerprint density at radius 2 is 2.18 bits per heavy atom. The lowest BCUT2D eigenvalue weighted by atomic mass is 10.2. The number of anilines is 1. The Labute approximate surface area is 101 Å². The van der Waals surface area contributed by atoms with Gasteiger partial charge in [-0.05, 0) is 25.0 Å². The topological polar surface area (TPSA) is 71.2 Å². The van der Waals surface area contributed by atoms with E-state index in [-0.39, 0.29) is 5.91 Å². The van der Waals surface area contributed by atoms with E-state index < -0.39 is 0 Å². The van der Waals surface area contributed by atoms with Crippen LogP contribution < -0.4 is 11.3 Å². The monoisotopic (exact) mass is 234 g/mol. The normalized spacial score (nSPS) is 15.9. The van der Waals surface area contributed by atoms with Crippen LogP contribution in [0.1, 0.15) is 36.0 Å². The zero-order valence-electron chi connectivity index (χ0n) is 10.0. The molecular formula is C12H18N4O. The molecule has 1 aromatic heterocycles. The van der Waals surface area contributed by atoms with Crippen molar-refractivity contribution < 1.29 is 4.79 Å². The molecule has 0 aromatic carbocycles. The fourth-order valence-corrected chi connectivity index (χ4v) is 2.27. The lowest BCUT2D eigenvalue weighted by Crippen LogP contribution is -2.35. The number of nitrogens with two attached hydrogens (primary N) is 1. The Bertz CT molecular complexity index is 384. The van der Waals surface area contributed by atoms with Crippen molar-refractivity contribution in [2.24, 2.45) is 5.84 Å². The number of rotatable bonds is 3. The van der Waals surface area contributed by atoms with E-state index in [0.29, 0.717) is 17.4 Å². The highest BCUT2D eigenvalue weighted by Gasteiger charge is 2.24. The smallest absolute Gasteiger partial charge is 0.255 e. The van der Waals surface area contributed by atoms with Crippen LogP contribution >= 0.6 is 0 Å². The Kier molecular flexibility index (Phi) is 3.58. The summed E-state index contributed by atoms with van der Waals surface area (Å²) < 4.78 is 0. The van der Waals surface area contributed by atoms with Gasteiger partial charge in [-0.25, -0.2) is 10.8 Å². The Morgan fingerprint density at radius 1 is 1.47 bits per heavy atom. The first-order valence-corrected chi connectivity index (χ1v) is 5.92. The molecule has 2 rings (SSSR count). The zero-order chi connectivity index (χ0) is 12.3. The molecule has 92 valence electrons. The van der Waals surface area contributed by atoms with Crippen molar-refractivity contribution in [2.45, 2.75) is 31.7 Å². The maximum absolute atomic E-state index is 12.2. The molecule has 0 aliphatic heterocycles. The van der Waals surface area contributed by atoms with Crippen LogP contribution in [0, 0.1) is 0 Å². The Balaban J connectivity index is 2.07. The molecule has 1 aromatic rings. The lowest BCUT2D eigenvalue weighted by molar-refractivity contribution is 0.0735. The van der Waals surface area contributed by atoms with Crippen molar-refractivity contribution in [2.75, 3.05) is 12.5 Å². The number of pyridine rings is 1. The van der Waals surface area contributed by atoms with E-state index in [9.17, 15) is 4.79 Å². The van der Waals surface area contributed by atoms with E-state index in [1.54, 1.807) is 18.3 Å². The van der Waals surface area contributed by atoms with Gasteiger partial charge >= 0.3 is 0 Å². The van der Waals surface area contributed by atoms with Crippen LogP contribution in [0.3, 0.4) is 0 Å². The molecule has 1 aliphatic carbocycles. The van der Waals surface area contributed by atoms with E-state index >= 15 is 0 Å². The van der Waals surface area contributed by atoms with Crippen molar-refractivity contribution in [1.82, 2.24) is 9.88 Å². The second-order valence-corrected chi connectivity index (χ2v) is 4.43. The Morgan fingerprint density at radius 3 is 2.71 bits per heavy atom. The Hall–Kier alpha value is -1.62. The molecule has 0 spiro atoms. The molecule has 1 fully saturated rings. The molecule has 0 unspecified atom stereocenters. The molecule has 5 nitrogen and oxygen atoms in total. The van der Waals surface area contributed by atoms with Crippen molar-refractivity contribution in [1.29, 1.82) is 0 Å². The first-order chi connectivity index (χ1) is 8.22. The molecule has 5 heteroatoms. The summed E-state index contributed by atoms with van der Waals surface area (Å²) in [5.74, 6) is 5.82. The summed E-state index contributed by atoms with van der Waals surface area (Å²) in [6.07, 6.45) is 6.21. The average Bonchev–Trinajstić information content (AvgIpc) is 2.91. The second-order valence-electron chi connectivity index (χ2n) is 4.43. The summed E-state index contributed by atoms with van der Waals surface area (Å²) in [5, 5.41) is 0. The van der Waals surface area contributed by atoms with Crippen LogP contribution in [-0.4, -0.2) is 28.9 Å². The largest absolute Gasteiger partial charge is 0.339 e. The van der Waals surface area contributed by atoms with Gasteiger partial charge in [-0.15, -0.1) is 0 Å². The van der Waals surface area contributed by atoms with Crippen molar-refractivity contribution in [3.8, 4) is 0 Å². The molecule has 0 atom stereocenters. The maximum Gasteiger partial charge on any atom is 0.255 e. The lowest BCUT2D eigenvalue weighted by Gasteiger charge is -2.24. The van der Waals surface area contributed by atoms with E-state index in [2.05, 4.69) is 10.4 Å². The van der Waals surface area contributed by atoms with Crippen molar-refractivity contribution >= 4 is 11.7 Å². The predicted molar refractivity (Wildman–Crippen MR) is 66.4 cm³/mol.